The van der Waals surface area contributed by atoms with Gasteiger partial charge in [0.05, 0.1) is 10.6 Å². The Labute approximate surface area is 157 Å². The number of carbonyl (C=O) groups excluding carboxylic acids is 1. The number of thiazole rings is 1. The summed E-state index contributed by atoms with van der Waals surface area (Å²) in [5.74, 6) is 0.546. The number of halogens is 1. The van der Waals surface area contributed by atoms with Crippen LogP contribution in [0.3, 0.4) is 0 Å². The number of amides is 1. The van der Waals surface area contributed by atoms with E-state index in [9.17, 15) is 4.79 Å². The number of nitrogens with one attached hydrogen (secondary N) is 1. The lowest BCUT2D eigenvalue weighted by molar-refractivity contribution is 0.0217. The molecule has 25 heavy (non-hydrogen) atoms. The zero-order valence-corrected chi connectivity index (χ0v) is 16.0. The van der Waals surface area contributed by atoms with Gasteiger partial charge in [0, 0.05) is 17.1 Å². The van der Waals surface area contributed by atoms with Crippen molar-refractivity contribution in [2.75, 3.05) is 13.1 Å². The van der Waals surface area contributed by atoms with E-state index >= 15 is 0 Å². The highest BCUT2D eigenvalue weighted by atomic mass is 35.5. The van der Waals surface area contributed by atoms with Crippen molar-refractivity contribution in [3.05, 3.63) is 40.0 Å². The summed E-state index contributed by atoms with van der Waals surface area (Å²) in [6, 6.07) is 8.33. The number of hydrogen-bond acceptors (Lipinski definition) is 4. The van der Waals surface area contributed by atoms with E-state index in [1.165, 1.54) is 24.2 Å². The molecule has 0 spiro atoms. The van der Waals surface area contributed by atoms with Crippen molar-refractivity contribution in [2.24, 2.45) is 5.92 Å². The minimum atomic E-state index is -0.0491. The Hall–Kier alpha value is -1.43. The van der Waals surface area contributed by atoms with Gasteiger partial charge in [-0.05, 0) is 63.4 Å². The Kier molecular flexibility index (Phi) is 4.56. The van der Waals surface area contributed by atoms with Gasteiger partial charge in [-0.2, -0.15) is 0 Å². The molecular formula is C19H22ClN3OS. The van der Waals surface area contributed by atoms with Crippen molar-refractivity contribution in [3.8, 4) is 10.4 Å². The minimum Gasteiger partial charge on any atom is -0.345 e. The van der Waals surface area contributed by atoms with Crippen molar-refractivity contribution in [3.63, 3.8) is 0 Å². The second kappa shape index (κ2) is 6.71. The Morgan fingerprint density at radius 3 is 2.80 bits per heavy atom. The largest absolute Gasteiger partial charge is 0.345 e. The summed E-state index contributed by atoms with van der Waals surface area (Å²) in [6.45, 7) is 6.49. The summed E-state index contributed by atoms with van der Waals surface area (Å²) in [5.41, 5.74) is 1.89. The number of rotatable bonds is 3. The summed E-state index contributed by atoms with van der Waals surface area (Å²) in [6.07, 6.45) is 2.36. The van der Waals surface area contributed by atoms with Crippen LogP contribution in [0, 0.1) is 12.8 Å². The monoisotopic (exact) mass is 375 g/mol. The van der Waals surface area contributed by atoms with Gasteiger partial charge in [-0.15, -0.1) is 11.3 Å². The van der Waals surface area contributed by atoms with Gasteiger partial charge in [0.15, 0.2) is 5.01 Å². The van der Waals surface area contributed by atoms with Crippen molar-refractivity contribution >= 4 is 28.8 Å². The number of piperidine rings is 3. The first kappa shape index (κ1) is 17.0. The van der Waals surface area contributed by atoms with E-state index in [1.807, 2.05) is 31.2 Å². The van der Waals surface area contributed by atoms with Gasteiger partial charge in [0.25, 0.3) is 5.91 Å². The SMILES string of the molecule is Cc1nc(C(=O)NC2C3CCN(CC3)C2C)sc1-c1cccc(Cl)c1. The van der Waals surface area contributed by atoms with Crippen LogP contribution in [0.25, 0.3) is 10.4 Å². The maximum atomic E-state index is 12.8. The molecule has 3 aliphatic rings. The molecule has 4 heterocycles. The molecule has 3 saturated heterocycles. The molecule has 2 atom stereocenters. The first-order valence-corrected chi connectivity index (χ1v) is 10.0. The van der Waals surface area contributed by atoms with Crippen molar-refractivity contribution in [1.29, 1.82) is 0 Å². The first-order valence-electron chi connectivity index (χ1n) is 8.81. The third-order valence-corrected chi connectivity index (χ3v) is 6.99. The van der Waals surface area contributed by atoms with Gasteiger partial charge in [-0.1, -0.05) is 23.7 Å². The molecule has 0 radical (unpaired) electrons. The number of hydrogen-bond donors (Lipinski definition) is 1. The molecule has 132 valence electrons. The molecule has 4 nitrogen and oxygen atoms in total. The van der Waals surface area contributed by atoms with Gasteiger partial charge in [-0.25, -0.2) is 4.98 Å². The summed E-state index contributed by atoms with van der Waals surface area (Å²) >= 11 is 7.54. The molecule has 1 aromatic heterocycles. The van der Waals surface area contributed by atoms with Crippen LogP contribution < -0.4 is 5.32 Å². The summed E-state index contributed by atoms with van der Waals surface area (Å²) in [4.78, 5) is 20.8. The fraction of sp³-hybridized carbons (Fsp3) is 0.474. The molecule has 3 fully saturated rings. The van der Waals surface area contributed by atoms with Crippen LogP contribution in [-0.4, -0.2) is 41.0 Å². The maximum absolute atomic E-state index is 12.8. The zero-order chi connectivity index (χ0) is 17.6. The highest BCUT2D eigenvalue weighted by Crippen LogP contribution is 2.34. The Morgan fingerprint density at radius 2 is 2.12 bits per heavy atom. The molecule has 5 rings (SSSR count). The fourth-order valence-corrected chi connectivity index (χ4v) is 5.31. The smallest absolute Gasteiger partial charge is 0.280 e. The van der Waals surface area contributed by atoms with Gasteiger partial charge in [0.2, 0.25) is 0 Å². The molecule has 3 aliphatic heterocycles. The highest BCUT2D eigenvalue weighted by molar-refractivity contribution is 7.17. The molecule has 1 amide bonds. The molecule has 6 heteroatoms. The predicted octanol–water partition coefficient (Wildman–Crippen LogP) is 3.98. The average Bonchev–Trinajstić information content (AvgIpc) is 3.00. The fourth-order valence-electron chi connectivity index (χ4n) is 4.15. The van der Waals surface area contributed by atoms with Crippen molar-refractivity contribution < 1.29 is 4.79 Å². The third-order valence-electron chi connectivity index (χ3n) is 5.55. The second-order valence-electron chi connectivity index (χ2n) is 7.06. The first-order chi connectivity index (χ1) is 12.0. The van der Waals surface area contributed by atoms with Gasteiger partial charge < -0.3 is 5.32 Å². The Morgan fingerprint density at radius 1 is 1.36 bits per heavy atom. The van der Waals surface area contributed by atoms with E-state index < -0.39 is 0 Å². The predicted molar refractivity (Wildman–Crippen MR) is 102 cm³/mol. The topological polar surface area (TPSA) is 45.2 Å². The van der Waals surface area contributed by atoms with Crippen LogP contribution in [0.1, 0.15) is 35.3 Å². The van der Waals surface area contributed by atoms with Crippen LogP contribution in [0.2, 0.25) is 5.02 Å². The molecule has 1 N–H and O–H groups in total. The number of aryl methyl sites for hydroxylation is 1. The standard InChI is InChI=1S/C19H22ClN3OS/c1-11-17(14-4-3-5-15(20)10-14)25-19(21-11)18(24)22-16-12(2)23-8-6-13(16)7-9-23/h3-5,10,12-13,16H,6-9H2,1-2H3,(H,22,24). The lowest BCUT2D eigenvalue weighted by Gasteiger charge is -2.49. The van der Waals surface area contributed by atoms with E-state index in [0.29, 0.717) is 22.0 Å². The minimum absolute atomic E-state index is 0.0491. The van der Waals surface area contributed by atoms with E-state index in [4.69, 9.17) is 11.6 Å². The molecule has 2 unspecified atom stereocenters. The molecule has 0 aliphatic carbocycles. The summed E-state index contributed by atoms with van der Waals surface area (Å²) in [5, 5.41) is 4.49. The second-order valence-corrected chi connectivity index (χ2v) is 8.49. The highest BCUT2D eigenvalue weighted by Gasteiger charge is 2.40. The molecular weight excluding hydrogens is 354 g/mol. The third kappa shape index (κ3) is 3.21. The zero-order valence-electron chi connectivity index (χ0n) is 14.5. The molecule has 2 bridgehead atoms. The number of aromatic nitrogens is 1. The van der Waals surface area contributed by atoms with Crippen LogP contribution in [-0.2, 0) is 0 Å². The number of benzene rings is 1. The van der Waals surface area contributed by atoms with E-state index in [1.54, 1.807) is 0 Å². The maximum Gasteiger partial charge on any atom is 0.280 e. The lowest BCUT2D eigenvalue weighted by atomic mass is 9.79. The number of carbonyl (C=O) groups is 1. The molecule has 2 aromatic rings. The summed E-state index contributed by atoms with van der Waals surface area (Å²) in [7, 11) is 0. The normalized spacial score (nSPS) is 28.1. The van der Waals surface area contributed by atoms with E-state index in [-0.39, 0.29) is 11.9 Å². The molecule has 1 aromatic carbocycles. The van der Waals surface area contributed by atoms with E-state index in [0.717, 1.165) is 29.2 Å². The van der Waals surface area contributed by atoms with E-state index in [2.05, 4.69) is 22.1 Å². The average molecular weight is 376 g/mol. The van der Waals surface area contributed by atoms with Crippen LogP contribution in [0.4, 0.5) is 0 Å². The van der Waals surface area contributed by atoms with Crippen LogP contribution >= 0.6 is 22.9 Å². The Bertz CT molecular complexity index is 796. The quantitative estimate of drug-likeness (QED) is 0.882. The van der Waals surface area contributed by atoms with Crippen LogP contribution in [0.5, 0.6) is 0 Å². The number of nitrogens with zero attached hydrogens (tertiary/aromatic N) is 2. The van der Waals surface area contributed by atoms with Gasteiger partial charge in [-0.3, -0.25) is 9.69 Å². The van der Waals surface area contributed by atoms with Crippen LogP contribution in [0.15, 0.2) is 24.3 Å². The Balaban J connectivity index is 1.54. The van der Waals surface area contributed by atoms with Gasteiger partial charge >= 0.3 is 0 Å². The lowest BCUT2D eigenvalue weighted by Crippen LogP contribution is -2.62. The summed E-state index contributed by atoms with van der Waals surface area (Å²) < 4.78 is 0. The number of fused-ring (bicyclic) bond motifs is 3. The van der Waals surface area contributed by atoms with Gasteiger partial charge in [0.1, 0.15) is 0 Å². The molecule has 0 saturated carbocycles. The van der Waals surface area contributed by atoms with Crippen molar-refractivity contribution in [1.82, 2.24) is 15.2 Å². The van der Waals surface area contributed by atoms with Crippen molar-refractivity contribution in [2.45, 2.75) is 38.8 Å².